The van der Waals surface area contributed by atoms with Crippen molar-refractivity contribution in [2.24, 2.45) is 0 Å². The first kappa shape index (κ1) is 19.8. The molecule has 4 aromatic rings. The van der Waals surface area contributed by atoms with Crippen LogP contribution >= 0.6 is 0 Å². The Morgan fingerprint density at radius 3 is 2.69 bits per heavy atom. The van der Waals surface area contributed by atoms with Gasteiger partial charge in [0.05, 0.1) is 30.7 Å². The van der Waals surface area contributed by atoms with Crippen molar-refractivity contribution in [2.45, 2.75) is 19.5 Å². The Morgan fingerprint density at radius 2 is 1.91 bits per heavy atom. The van der Waals surface area contributed by atoms with Crippen molar-refractivity contribution in [3.8, 4) is 23.2 Å². The molecule has 1 aliphatic rings. The van der Waals surface area contributed by atoms with Crippen LogP contribution in [0.5, 0.6) is 0 Å². The minimum absolute atomic E-state index is 0.0132. The molecule has 0 saturated carbocycles. The monoisotopic (exact) mass is 423 g/mol. The number of aromatic amines is 1. The average molecular weight is 423 g/mol. The van der Waals surface area contributed by atoms with E-state index in [9.17, 15) is 4.79 Å². The van der Waals surface area contributed by atoms with Crippen molar-refractivity contribution in [2.75, 3.05) is 13.1 Å². The Morgan fingerprint density at radius 1 is 1.06 bits per heavy atom. The molecule has 2 aromatic carbocycles. The lowest BCUT2D eigenvalue weighted by Crippen LogP contribution is -2.38. The molecule has 0 aliphatic carbocycles. The van der Waals surface area contributed by atoms with E-state index < -0.39 is 0 Å². The highest BCUT2D eigenvalue weighted by Gasteiger charge is 2.20. The molecule has 32 heavy (non-hydrogen) atoms. The van der Waals surface area contributed by atoms with Gasteiger partial charge in [0, 0.05) is 30.6 Å². The third-order valence-electron chi connectivity index (χ3n) is 5.50. The summed E-state index contributed by atoms with van der Waals surface area (Å²) in [5.41, 5.74) is 4.57. The second-order valence-electron chi connectivity index (χ2n) is 7.68. The molecule has 0 bridgehead atoms. The van der Waals surface area contributed by atoms with Gasteiger partial charge in [-0.25, -0.2) is 10.1 Å². The van der Waals surface area contributed by atoms with Crippen molar-refractivity contribution in [3.63, 3.8) is 0 Å². The van der Waals surface area contributed by atoms with E-state index in [1.165, 1.54) is 0 Å². The Kier molecular flexibility index (Phi) is 5.56. The summed E-state index contributed by atoms with van der Waals surface area (Å²) in [7, 11) is 0. The maximum atomic E-state index is 13.1. The fraction of sp³-hybridized carbons (Fsp3) is 0.208. The Labute approximate surface area is 184 Å². The highest BCUT2D eigenvalue weighted by Crippen LogP contribution is 2.16. The van der Waals surface area contributed by atoms with Crippen LogP contribution in [0, 0.1) is 11.8 Å². The molecule has 8 heteroatoms. The SMILES string of the molecule is O=c1c2c(ncn1Cc1ccc(-c3nnn[nH]3)cc1)CCN(CC#Cc1ccccc1)C2. The molecule has 0 radical (unpaired) electrons. The predicted octanol–water partition coefficient (Wildman–Crippen LogP) is 1.88. The molecule has 8 nitrogen and oxygen atoms in total. The van der Waals surface area contributed by atoms with Crippen LogP contribution in [0.4, 0.5) is 0 Å². The first-order chi connectivity index (χ1) is 15.8. The minimum atomic E-state index is 0.0132. The van der Waals surface area contributed by atoms with Gasteiger partial charge in [-0.3, -0.25) is 14.3 Å². The van der Waals surface area contributed by atoms with Gasteiger partial charge in [0.25, 0.3) is 5.56 Å². The number of tetrazole rings is 1. The molecule has 0 unspecified atom stereocenters. The summed E-state index contributed by atoms with van der Waals surface area (Å²) in [6.07, 6.45) is 2.42. The molecule has 5 rings (SSSR count). The van der Waals surface area contributed by atoms with Gasteiger partial charge in [0.2, 0.25) is 0 Å². The molecule has 0 fully saturated rings. The average Bonchev–Trinajstić information content (AvgIpc) is 3.37. The zero-order valence-electron chi connectivity index (χ0n) is 17.4. The van der Waals surface area contributed by atoms with Gasteiger partial charge in [-0.15, -0.1) is 5.10 Å². The molecule has 158 valence electrons. The van der Waals surface area contributed by atoms with Crippen LogP contribution in [0.25, 0.3) is 11.4 Å². The van der Waals surface area contributed by atoms with E-state index in [1.54, 1.807) is 10.9 Å². The highest BCUT2D eigenvalue weighted by molar-refractivity contribution is 5.54. The fourth-order valence-corrected chi connectivity index (χ4v) is 3.78. The topological polar surface area (TPSA) is 92.6 Å². The van der Waals surface area contributed by atoms with E-state index in [0.29, 0.717) is 25.5 Å². The van der Waals surface area contributed by atoms with Gasteiger partial charge in [-0.2, -0.15) is 0 Å². The summed E-state index contributed by atoms with van der Waals surface area (Å²) >= 11 is 0. The van der Waals surface area contributed by atoms with E-state index in [2.05, 4.69) is 42.3 Å². The number of aromatic nitrogens is 6. The van der Waals surface area contributed by atoms with Crippen molar-refractivity contribution in [3.05, 3.63) is 93.7 Å². The lowest BCUT2D eigenvalue weighted by Gasteiger charge is -2.26. The van der Waals surface area contributed by atoms with Gasteiger partial charge >= 0.3 is 0 Å². The quantitative estimate of drug-likeness (QED) is 0.504. The zero-order chi connectivity index (χ0) is 21.8. The van der Waals surface area contributed by atoms with Crippen molar-refractivity contribution < 1.29 is 0 Å². The van der Waals surface area contributed by atoms with Gasteiger partial charge in [-0.05, 0) is 28.1 Å². The number of fused-ring (bicyclic) bond motifs is 1. The molecular formula is C24H21N7O. The largest absolute Gasteiger partial charge is 0.294 e. The summed E-state index contributed by atoms with van der Waals surface area (Å²) in [5.74, 6) is 7.02. The summed E-state index contributed by atoms with van der Waals surface area (Å²) in [6.45, 7) is 2.51. The number of rotatable bonds is 4. The molecule has 0 amide bonds. The summed E-state index contributed by atoms with van der Waals surface area (Å²) < 4.78 is 1.67. The number of benzene rings is 2. The maximum absolute atomic E-state index is 13.1. The van der Waals surface area contributed by atoms with Gasteiger partial charge in [0.15, 0.2) is 5.82 Å². The predicted molar refractivity (Wildman–Crippen MR) is 120 cm³/mol. The van der Waals surface area contributed by atoms with Crippen LogP contribution < -0.4 is 5.56 Å². The molecule has 1 aliphatic heterocycles. The second-order valence-corrected chi connectivity index (χ2v) is 7.68. The lowest BCUT2D eigenvalue weighted by molar-refractivity contribution is 0.280. The van der Waals surface area contributed by atoms with Gasteiger partial charge < -0.3 is 0 Å². The summed E-state index contributed by atoms with van der Waals surface area (Å²) in [4.78, 5) is 19.9. The van der Waals surface area contributed by atoms with E-state index in [-0.39, 0.29) is 5.56 Å². The number of H-pyrrole nitrogens is 1. The molecule has 0 saturated heterocycles. The molecule has 0 atom stereocenters. The first-order valence-corrected chi connectivity index (χ1v) is 10.4. The smallest absolute Gasteiger partial charge is 0.258 e. The van der Waals surface area contributed by atoms with Crippen LogP contribution in [-0.2, 0) is 19.5 Å². The van der Waals surface area contributed by atoms with E-state index in [0.717, 1.165) is 40.9 Å². The second kappa shape index (κ2) is 8.96. The van der Waals surface area contributed by atoms with Crippen molar-refractivity contribution in [1.29, 1.82) is 0 Å². The van der Waals surface area contributed by atoms with Crippen LogP contribution in [-0.4, -0.2) is 48.2 Å². The fourth-order valence-electron chi connectivity index (χ4n) is 3.78. The Balaban J connectivity index is 1.29. The number of nitrogens with zero attached hydrogens (tertiary/aromatic N) is 6. The third-order valence-corrected chi connectivity index (χ3v) is 5.50. The van der Waals surface area contributed by atoms with Crippen molar-refractivity contribution >= 4 is 0 Å². The zero-order valence-corrected chi connectivity index (χ0v) is 17.4. The van der Waals surface area contributed by atoms with E-state index in [1.807, 2.05) is 54.6 Å². The standard InChI is InChI=1S/C24H21N7O/c32-24-21-16-30(13-4-7-18-5-2-1-3-6-18)14-12-22(21)25-17-31(24)15-19-8-10-20(11-9-19)23-26-28-29-27-23/h1-3,5-6,8-11,17H,12-16H2,(H,26,27,28,29). The molecule has 3 heterocycles. The molecular weight excluding hydrogens is 402 g/mol. The number of hydrogen-bond donors (Lipinski definition) is 1. The summed E-state index contributed by atoms with van der Waals surface area (Å²) in [6, 6.07) is 17.7. The lowest BCUT2D eigenvalue weighted by atomic mass is 10.1. The number of hydrogen-bond acceptors (Lipinski definition) is 6. The Hall–Kier alpha value is -4.09. The molecule has 1 N–H and O–H groups in total. The van der Waals surface area contributed by atoms with Crippen LogP contribution in [0.3, 0.4) is 0 Å². The van der Waals surface area contributed by atoms with E-state index in [4.69, 9.17) is 0 Å². The van der Waals surface area contributed by atoms with E-state index >= 15 is 0 Å². The van der Waals surface area contributed by atoms with Crippen molar-refractivity contribution in [1.82, 2.24) is 35.1 Å². The highest BCUT2D eigenvalue weighted by atomic mass is 16.1. The first-order valence-electron chi connectivity index (χ1n) is 10.4. The van der Waals surface area contributed by atoms with Crippen LogP contribution in [0.1, 0.15) is 22.4 Å². The molecule has 2 aromatic heterocycles. The van der Waals surface area contributed by atoms with Crippen LogP contribution in [0.2, 0.25) is 0 Å². The number of nitrogens with one attached hydrogen (secondary N) is 1. The normalized spacial score (nSPS) is 13.2. The maximum Gasteiger partial charge on any atom is 0.258 e. The third kappa shape index (κ3) is 4.33. The minimum Gasteiger partial charge on any atom is -0.294 e. The Bertz CT molecular complexity index is 1320. The van der Waals surface area contributed by atoms with Gasteiger partial charge in [0.1, 0.15) is 0 Å². The van der Waals surface area contributed by atoms with Gasteiger partial charge in [-0.1, -0.05) is 54.3 Å². The summed E-state index contributed by atoms with van der Waals surface area (Å²) in [5, 5.41) is 13.8. The molecule has 0 spiro atoms. The van der Waals surface area contributed by atoms with Crippen LogP contribution in [0.15, 0.2) is 65.7 Å².